The molecule has 0 spiro atoms. The van der Waals surface area contributed by atoms with Gasteiger partial charge in [0, 0.05) is 33.7 Å². The van der Waals surface area contributed by atoms with E-state index in [1.807, 2.05) is 4.90 Å². The maximum Gasteiger partial charge on any atom is 0.222 e. The molecule has 0 saturated carbocycles. The maximum atomic E-state index is 12.1. The lowest BCUT2D eigenvalue weighted by Gasteiger charge is -2.17. The molecule has 1 aliphatic heterocycles. The maximum absolute atomic E-state index is 12.1. The molecule has 0 aromatic rings. The van der Waals surface area contributed by atoms with Crippen LogP contribution in [0.1, 0.15) is 26.2 Å². The Kier molecular flexibility index (Phi) is 6.60. The van der Waals surface area contributed by atoms with Crippen LogP contribution in [0.3, 0.4) is 0 Å². The van der Waals surface area contributed by atoms with E-state index in [0.717, 1.165) is 12.8 Å². The van der Waals surface area contributed by atoms with Crippen molar-refractivity contribution in [1.29, 1.82) is 0 Å². The van der Waals surface area contributed by atoms with Crippen LogP contribution < -0.4 is 5.73 Å². The molecule has 1 saturated heterocycles. The summed E-state index contributed by atoms with van der Waals surface area (Å²) in [6, 6.07) is 0. The fourth-order valence-corrected chi connectivity index (χ4v) is 2.36. The zero-order valence-corrected chi connectivity index (χ0v) is 11.7. The van der Waals surface area contributed by atoms with Crippen molar-refractivity contribution in [3.8, 4) is 0 Å². The molecular weight excluding hydrogens is 232 g/mol. The Hall–Kier alpha value is -0.650. The van der Waals surface area contributed by atoms with E-state index >= 15 is 0 Å². The number of hydrogen-bond donors (Lipinski definition) is 1. The fraction of sp³-hybridized carbons (Fsp3) is 0.923. The van der Waals surface area contributed by atoms with Crippen LogP contribution in [0.25, 0.3) is 0 Å². The number of nitrogens with zero attached hydrogens (tertiary/aromatic N) is 1. The van der Waals surface area contributed by atoms with Crippen molar-refractivity contribution in [3.63, 3.8) is 0 Å². The molecule has 3 unspecified atom stereocenters. The molecule has 3 atom stereocenters. The molecule has 1 aliphatic rings. The second-order valence-corrected chi connectivity index (χ2v) is 5.07. The van der Waals surface area contributed by atoms with Crippen LogP contribution in [0.15, 0.2) is 0 Å². The number of hydrogen-bond acceptors (Lipinski definition) is 4. The fourth-order valence-electron chi connectivity index (χ4n) is 2.36. The lowest BCUT2D eigenvalue weighted by atomic mass is 10.0. The molecule has 0 aliphatic carbocycles. The number of rotatable bonds is 7. The van der Waals surface area contributed by atoms with Crippen LogP contribution in [0.5, 0.6) is 0 Å². The van der Waals surface area contributed by atoms with Crippen molar-refractivity contribution in [2.75, 3.05) is 33.9 Å². The molecule has 18 heavy (non-hydrogen) atoms. The SMILES string of the molecule is COC1CN(C(=O)CCC(C)CCN)CC1OC. The normalized spacial score (nSPS) is 25.4. The van der Waals surface area contributed by atoms with Crippen molar-refractivity contribution in [3.05, 3.63) is 0 Å². The van der Waals surface area contributed by atoms with E-state index in [4.69, 9.17) is 15.2 Å². The van der Waals surface area contributed by atoms with Gasteiger partial charge < -0.3 is 20.1 Å². The average molecular weight is 258 g/mol. The number of nitrogens with two attached hydrogens (primary N) is 1. The van der Waals surface area contributed by atoms with Gasteiger partial charge >= 0.3 is 0 Å². The highest BCUT2D eigenvalue weighted by Gasteiger charge is 2.35. The number of ether oxygens (including phenoxy) is 2. The molecule has 0 aromatic carbocycles. The minimum Gasteiger partial charge on any atom is -0.377 e. The highest BCUT2D eigenvalue weighted by molar-refractivity contribution is 5.76. The number of methoxy groups -OCH3 is 2. The standard InChI is InChI=1S/C13H26N2O3/c1-10(6-7-14)4-5-13(16)15-8-11(17-2)12(9-15)18-3/h10-12H,4-9,14H2,1-3H3. The van der Waals surface area contributed by atoms with Gasteiger partial charge in [0.1, 0.15) is 12.2 Å². The van der Waals surface area contributed by atoms with Gasteiger partial charge in [0.2, 0.25) is 5.91 Å². The third-order valence-corrected chi connectivity index (χ3v) is 3.68. The minimum atomic E-state index is 0.000385. The third kappa shape index (κ3) is 4.23. The van der Waals surface area contributed by atoms with Gasteiger partial charge in [-0.2, -0.15) is 0 Å². The van der Waals surface area contributed by atoms with Gasteiger partial charge in [0.15, 0.2) is 0 Å². The van der Waals surface area contributed by atoms with Crippen molar-refractivity contribution in [1.82, 2.24) is 4.90 Å². The first-order chi connectivity index (χ1) is 8.62. The van der Waals surface area contributed by atoms with Crippen molar-refractivity contribution < 1.29 is 14.3 Å². The van der Waals surface area contributed by atoms with E-state index in [1.54, 1.807) is 14.2 Å². The second kappa shape index (κ2) is 7.71. The monoisotopic (exact) mass is 258 g/mol. The Morgan fingerprint density at radius 3 is 2.28 bits per heavy atom. The Bertz CT molecular complexity index is 249. The summed E-state index contributed by atoms with van der Waals surface area (Å²) >= 11 is 0. The molecule has 1 heterocycles. The molecule has 0 radical (unpaired) electrons. The van der Waals surface area contributed by atoms with Gasteiger partial charge in [-0.05, 0) is 25.3 Å². The highest BCUT2D eigenvalue weighted by Crippen LogP contribution is 2.18. The van der Waals surface area contributed by atoms with Crippen LogP contribution in [-0.2, 0) is 14.3 Å². The first kappa shape index (κ1) is 15.4. The first-order valence-electron chi connectivity index (χ1n) is 6.65. The van der Waals surface area contributed by atoms with Gasteiger partial charge in [-0.25, -0.2) is 0 Å². The van der Waals surface area contributed by atoms with Crippen LogP contribution in [0.4, 0.5) is 0 Å². The van der Waals surface area contributed by atoms with Crippen molar-refractivity contribution in [2.45, 2.75) is 38.4 Å². The first-order valence-corrected chi connectivity index (χ1v) is 6.65. The predicted octanol–water partition coefficient (Wildman–Crippen LogP) is 0.624. The lowest BCUT2D eigenvalue weighted by molar-refractivity contribution is -0.131. The topological polar surface area (TPSA) is 64.8 Å². The van der Waals surface area contributed by atoms with Crippen LogP contribution in [0.2, 0.25) is 0 Å². The number of carbonyl (C=O) groups excluding carboxylic acids is 1. The molecule has 0 aromatic heterocycles. The van der Waals surface area contributed by atoms with Gasteiger partial charge in [-0.15, -0.1) is 0 Å². The molecule has 5 nitrogen and oxygen atoms in total. The van der Waals surface area contributed by atoms with Gasteiger partial charge in [-0.3, -0.25) is 4.79 Å². The third-order valence-electron chi connectivity index (χ3n) is 3.68. The summed E-state index contributed by atoms with van der Waals surface area (Å²) in [7, 11) is 3.32. The smallest absolute Gasteiger partial charge is 0.222 e. The van der Waals surface area contributed by atoms with Crippen LogP contribution in [0, 0.1) is 5.92 Å². The summed E-state index contributed by atoms with van der Waals surface area (Å²) in [5.74, 6) is 0.707. The number of carbonyl (C=O) groups is 1. The largest absolute Gasteiger partial charge is 0.377 e. The molecule has 5 heteroatoms. The lowest BCUT2D eigenvalue weighted by Crippen LogP contribution is -2.30. The second-order valence-electron chi connectivity index (χ2n) is 5.07. The van der Waals surface area contributed by atoms with Gasteiger partial charge in [0.05, 0.1) is 0 Å². The summed E-state index contributed by atoms with van der Waals surface area (Å²) in [6.45, 7) is 4.11. The van der Waals surface area contributed by atoms with Crippen LogP contribution in [-0.4, -0.2) is 56.9 Å². The minimum absolute atomic E-state index is 0.000385. The van der Waals surface area contributed by atoms with E-state index < -0.39 is 0 Å². The summed E-state index contributed by atoms with van der Waals surface area (Å²) in [6.07, 6.45) is 2.48. The van der Waals surface area contributed by atoms with E-state index in [0.29, 0.717) is 32.0 Å². The summed E-state index contributed by atoms with van der Waals surface area (Å²) in [5.41, 5.74) is 5.50. The Morgan fingerprint density at radius 2 is 1.83 bits per heavy atom. The Labute approximate surface area is 110 Å². The summed E-state index contributed by atoms with van der Waals surface area (Å²) in [5, 5.41) is 0. The summed E-state index contributed by atoms with van der Waals surface area (Å²) in [4.78, 5) is 13.9. The quantitative estimate of drug-likeness (QED) is 0.727. The van der Waals surface area contributed by atoms with E-state index in [-0.39, 0.29) is 18.1 Å². The molecule has 1 fully saturated rings. The van der Waals surface area contributed by atoms with E-state index in [9.17, 15) is 4.79 Å². The van der Waals surface area contributed by atoms with Crippen LogP contribution >= 0.6 is 0 Å². The average Bonchev–Trinajstić information content (AvgIpc) is 2.79. The van der Waals surface area contributed by atoms with Gasteiger partial charge in [0.25, 0.3) is 0 Å². The molecule has 1 rings (SSSR count). The predicted molar refractivity (Wildman–Crippen MR) is 70.2 cm³/mol. The summed E-state index contributed by atoms with van der Waals surface area (Å²) < 4.78 is 10.6. The van der Waals surface area contributed by atoms with Crippen molar-refractivity contribution >= 4 is 5.91 Å². The molecule has 0 bridgehead atoms. The highest BCUT2D eigenvalue weighted by atomic mass is 16.5. The zero-order valence-electron chi connectivity index (χ0n) is 11.7. The Morgan fingerprint density at radius 1 is 1.28 bits per heavy atom. The number of amides is 1. The van der Waals surface area contributed by atoms with E-state index in [2.05, 4.69) is 6.92 Å². The van der Waals surface area contributed by atoms with Gasteiger partial charge in [-0.1, -0.05) is 6.92 Å². The molecule has 2 N–H and O–H groups in total. The zero-order chi connectivity index (χ0) is 13.5. The molecule has 106 valence electrons. The molecule has 1 amide bonds. The van der Waals surface area contributed by atoms with Crippen molar-refractivity contribution in [2.24, 2.45) is 11.7 Å². The van der Waals surface area contributed by atoms with E-state index in [1.165, 1.54) is 0 Å². The number of likely N-dealkylation sites (tertiary alicyclic amines) is 1. The molecular formula is C13H26N2O3. The Balaban J connectivity index is 2.35.